The second kappa shape index (κ2) is 9.88. The molecule has 8 nitrogen and oxygen atoms in total. The molecule has 1 aromatic rings. The van der Waals surface area contributed by atoms with Crippen LogP contribution in [0.25, 0.3) is 0 Å². The summed E-state index contributed by atoms with van der Waals surface area (Å²) in [6, 6.07) is 3.62. The van der Waals surface area contributed by atoms with Crippen LogP contribution in [-0.2, 0) is 20.9 Å². The maximum absolute atomic E-state index is 12.6. The minimum atomic E-state index is -0.449. The number of carbonyl (C=O) groups is 3. The van der Waals surface area contributed by atoms with Gasteiger partial charge in [0.25, 0.3) is 0 Å². The number of nitrogens with zero attached hydrogens (tertiary/aromatic N) is 2. The minimum absolute atomic E-state index is 0.0237. The van der Waals surface area contributed by atoms with Crippen molar-refractivity contribution in [2.75, 3.05) is 32.8 Å². The van der Waals surface area contributed by atoms with Crippen LogP contribution in [0.5, 0.6) is 0 Å². The summed E-state index contributed by atoms with van der Waals surface area (Å²) in [5, 5.41) is 7.92. The van der Waals surface area contributed by atoms with Crippen molar-refractivity contribution in [2.24, 2.45) is 0 Å². The zero-order valence-electron chi connectivity index (χ0n) is 16.2. The van der Waals surface area contributed by atoms with Gasteiger partial charge >= 0.3 is 6.09 Å². The molecule has 2 N–H and O–H groups in total. The van der Waals surface area contributed by atoms with Gasteiger partial charge in [-0.3, -0.25) is 14.5 Å². The molecule has 1 unspecified atom stereocenters. The molecule has 3 amide bonds. The first-order chi connectivity index (χ1) is 13.6. The fraction of sp³-hybridized carbons (Fsp3) is 0.632. The Bertz CT molecular complexity index is 673. The van der Waals surface area contributed by atoms with Gasteiger partial charge in [0.15, 0.2) is 0 Å². The molecule has 0 spiro atoms. The van der Waals surface area contributed by atoms with E-state index >= 15 is 0 Å². The quantitative estimate of drug-likeness (QED) is 0.738. The van der Waals surface area contributed by atoms with Crippen molar-refractivity contribution in [2.45, 2.75) is 44.8 Å². The zero-order chi connectivity index (χ0) is 19.9. The third-order valence-corrected chi connectivity index (χ3v) is 6.01. The van der Waals surface area contributed by atoms with Gasteiger partial charge in [0.05, 0.1) is 19.1 Å². The highest BCUT2D eigenvalue weighted by Gasteiger charge is 2.33. The lowest BCUT2D eigenvalue weighted by Crippen LogP contribution is -2.56. The van der Waals surface area contributed by atoms with Crippen LogP contribution in [0.2, 0.25) is 0 Å². The van der Waals surface area contributed by atoms with Crippen LogP contribution in [-0.4, -0.2) is 72.6 Å². The molecule has 0 radical (unpaired) electrons. The Hall–Kier alpha value is -2.13. The fourth-order valence-corrected chi connectivity index (χ4v) is 4.39. The molecule has 1 aromatic heterocycles. The molecule has 0 aliphatic carbocycles. The van der Waals surface area contributed by atoms with Crippen LogP contribution < -0.4 is 10.6 Å². The molecule has 28 heavy (non-hydrogen) atoms. The number of likely N-dealkylation sites (tertiary alicyclic amines) is 1. The van der Waals surface area contributed by atoms with E-state index in [-0.39, 0.29) is 30.4 Å². The van der Waals surface area contributed by atoms with E-state index < -0.39 is 6.04 Å². The number of piperazine rings is 1. The maximum Gasteiger partial charge on any atom is 0.409 e. The molecule has 154 valence electrons. The van der Waals surface area contributed by atoms with Crippen molar-refractivity contribution in [3.8, 4) is 0 Å². The molecule has 3 rings (SSSR count). The van der Waals surface area contributed by atoms with E-state index in [2.05, 4.69) is 15.5 Å². The average molecular weight is 409 g/mol. The summed E-state index contributed by atoms with van der Waals surface area (Å²) in [6.07, 6.45) is 1.24. The van der Waals surface area contributed by atoms with Crippen molar-refractivity contribution >= 4 is 29.2 Å². The zero-order valence-corrected chi connectivity index (χ0v) is 17.0. The number of rotatable bonds is 6. The first-order valence-electron chi connectivity index (χ1n) is 9.82. The Morgan fingerprint density at radius 1 is 1.32 bits per heavy atom. The van der Waals surface area contributed by atoms with E-state index in [4.69, 9.17) is 4.74 Å². The van der Waals surface area contributed by atoms with Crippen molar-refractivity contribution in [3.63, 3.8) is 0 Å². The molecule has 9 heteroatoms. The van der Waals surface area contributed by atoms with E-state index in [1.807, 2.05) is 17.5 Å². The average Bonchev–Trinajstić information content (AvgIpc) is 3.18. The van der Waals surface area contributed by atoms with Gasteiger partial charge in [-0.1, -0.05) is 6.07 Å². The number of hydrogen-bond donors (Lipinski definition) is 2. The third kappa shape index (κ3) is 5.45. The van der Waals surface area contributed by atoms with Crippen LogP contribution in [0.15, 0.2) is 17.5 Å². The van der Waals surface area contributed by atoms with E-state index in [9.17, 15) is 14.4 Å². The van der Waals surface area contributed by atoms with E-state index in [1.165, 1.54) is 4.88 Å². The second-order valence-corrected chi connectivity index (χ2v) is 8.12. The second-order valence-electron chi connectivity index (χ2n) is 7.09. The predicted octanol–water partition coefficient (Wildman–Crippen LogP) is 1.18. The molecule has 2 saturated heterocycles. The number of hydrogen-bond acceptors (Lipinski definition) is 6. The first kappa shape index (κ1) is 20.6. The van der Waals surface area contributed by atoms with E-state index in [0.29, 0.717) is 45.6 Å². The summed E-state index contributed by atoms with van der Waals surface area (Å²) in [7, 11) is 0. The Labute approximate surface area is 169 Å². The maximum atomic E-state index is 12.6. The molecule has 2 aliphatic rings. The van der Waals surface area contributed by atoms with Crippen molar-refractivity contribution in [1.82, 2.24) is 20.4 Å². The van der Waals surface area contributed by atoms with Gasteiger partial charge < -0.3 is 20.3 Å². The fourth-order valence-electron chi connectivity index (χ4n) is 3.66. The van der Waals surface area contributed by atoms with Crippen LogP contribution >= 0.6 is 11.3 Å². The highest BCUT2D eigenvalue weighted by atomic mass is 32.1. The van der Waals surface area contributed by atoms with Crippen LogP contribution in [0, 0.1) is 0 Å². The first-order valence-corrected chi connectivity index (χ1v) is 10.7. The van der Waals surface area contributed by atoms with Gasteiger partial charge in [-0.05, 0) is 31.2 Å². The summed E-state index contributed by atoms with van der Waals surface area (Å²) in [6.45, 7) is 5.31. The summed E-state index contributed by atoms with van der Waals surface area (Å²) >= 11 is 1.66. The van der Waals surface area contributed by atoms with Gasteiger partial charge in [-0.2, -0.15) is 0 Å². The SMILES string of the molecule is CCOC(=O)N1CCC(NC(=O)CC2C(=O)NCCN2Cc2cccs2)CC1. The molecule has 0 saturated carbocycles. The number of amides is 3. The largest absolute Gasteiger partial charge is 0.450 e. The monoisotopic (exact) mass is 408 g/mol. The highest BCUT2D eigenvalue weighted by molar-refractivity contribution is 7.09. The van der Waals surface area contributed by atoms with Gasteiger partial charge in [0.2, 0.25) is 11.8 Å². The molecule has 2 fully saturated rings. The number of piperidine rings is 1. The smallest absolute Gasteiger partial charge is 0.409 e. The van der Waals surface area contributed by atoms with Gasteiger partial charge in [-0.25, -0.2) is 4.79 Å². The molecular formula is C19H28N4O4S. The lowest BCUT2D eigenvalue weighted by molar-refractivity contribution is -0.134. The summed E-state index contributed by atoms with van der Waals surface area (Å²) in [5.74, 6) is -0.206. The Morgan fingerprint density at radius 3 is 2.79 bits per heavy atom. The number of thiophene rings is 1. The van der Waals surface area contributed by atoms with Crippen LogP contribution in [0.3, 0.4) is 0 Å². The molecule has 3 heterocycles. The molecular weight excluding hydrogens is 380 g/mol. The Kier molecular flexibility index (Phi) is 7.27. The standard InChI is InChI=1S/C19H28N4O4S/c1-2-27-19(26)22-8-5-14(6-9-22)21-17(24)12-16-18(25)20-7-10-23(16)13-15-4-3-11-28-15/h3-4,11,14,16H,2,5-10,12-13H2,1H3,(H,20,25)(H,21,24). The van der Waals surface area contributed by atoms with Crippen molar-refractivity contribution < 1.29 is 19.1 Å². The topological polar surface area (TPSA) is 91.0 Å². The molecule has 0 bridgehead atoms. The van der Waals surface area contributed by atoms with Gasteiger partial charge in [-0.15, -0.1) is 11.3 Å². The summed E-state index contributed by atoms with van der Waals surface area (Å²) in [4.78, 5) is 41.6. The van der Waals surface area contributed by atoms with Gasteiger partial charge in [0.1, 0.15) is 0 Å². The van der Waals surface area contributed by atoms with Gasteiger partial charge in [0, 0.05) is 43.6 Å². The lowest BCUT2D eigenvalue weighted by Gasteiger charge is -2.35. The van der Waals surface area contributed by atoms with Crippen molar-refractivity contribution in [3.05, 3.63) is 22.4 Å². The number of carbonyl (C=O) groups excluding carboxylic acids is 3. The Morgan fingerprint density at radius 2 is 2.11 bits per heavy atom. The number of nitrogens with one attached hydrogen (secondary N) is 2. The van der Waals surface area contributed by atoms with Crippen molar-refractivity contribution in [1.29, 1.82) is 0 Å². The summed E-state index contributed by atoms with van der Waals surface area (Å²) < 4.78 is 5.02. The predicted molar refractivity (Wildman–Crippen MR) is 106 cm³/mol. The van der Waals surface area contributed by atoms with E-state index in [1.54, 1.807) is 23.2 Å². The minimum Gasteiger partial charge on any atom is -0.450 e. The molecule has 2 aliphatic heterocycles. The molecule has 0 aromatic carbocycles. The highest BCUT2D eigenvalue weighted by Crippen LogP contribution is 2.18. The summed E-state index contributed by atoms with van der Waals surface area (Å²) in [5.41, 5.74) is 0. The van der Waals surface area contributed by atoms with Crippen LogP contribution in [0.4, 0.5) is 4.79 Å². The Balaban J connectivity index is 1.49. The number of ether oxygens (including phenoxy) is 1. The normalized spacial score (nSPS) is 21.2. The molecule has 1 atom stereocenters. The third-order valence-electron chi connectivity index (χ3n) is 5.15. The van der Waals surface area contributed by atoms with E-state index in [0.717, 1.165) is 6.54 Å². The lowest BCUT2D eigenvalue weighted by atomic mass is 10.0. The van der Waals surface area contributed by atoms with Crippen LogP contribution in [0.1, 0.15) is 31.1 Å².